The summed E-state index contributed by atoms with van der Waals surface area (Å²) in [7, 11) is 1.36. The van der Waals surface area contributed by atoms with Gasteiger partial charge in [-0.25, -0.2) is 5.53 Å². The van der Waals surface area contributed by atoms with Gasteiger partial charge < -0.3 is 15.8 Å². The van der Waals surface area contributed by atoms with E-state index in [1.54, 1.807) is 0 Å². The molecule has 0 spiro atoms. The van der Waals surface area contributed by atoms with Gasteiger partial charge in [0.15, 0.2) is 0 Å². The molecule has 0 amide bonds. The Balaban J connectivity index is 3.41. The molecule has 0 fully saturated rings. The quantitative estimate of drug-likeness (QED) is 0.290. The first-order valence-electron chi connectivity index (χ1n) is 4.58. The minimum Gasteiger partial charge on any atom is -0.469 e. The molecule has 14 heavy (non-hydrogen) atoms. The lowest BCUT2D eigenvalue weighted by Gasteiger charge is -2.09. The molecule has 0 heterocycles. The van der Waals surface area contributed by atoms with Gasteiger partial charge >= 0.3 is 5.97 Å². The molecule has 0 aromatic heterocycles. The van der Waals surface area contributed by atoms with Crippen LogP contribution < -0.4 is 11.1 Å². The summed E-state index contributed by atoms with van der Waals surface area (Å²) >= 11 is 0. The van der Waals surface area contributed by atoms with E-state index in [0.29, 0.717) is 32.5 Å². The second kappa shape index (κ2) is 8.58. The van der Waals surface area contributed by atoms with Crippen LogP contribution in [0.5, 0.6) is 0 Å². The normalized spacial score (nSPS) is 12.1. The lowest BCUT2D eigenvalue weighted by Crippen LogP contribution is -2.29. The molecule has 0 rings (SSSR count). The van der Waals surface area contributed by atoms with Crippen LogP contribution in [0.4, 0.5) is 0 Å². The molecule has 0 radical (unpaired) electrons. The Labute approximate surface area is 83.7 Å². The van der Waals surface area contributed by atoms with Crippen molar-refractivity contribution in [3.63, 3.8) is 0 Å². The Morgan fingerprint density at radius 1 is 1.71 bits per heavy atom. The maximum Gasteiger partial charge on any atom is 0.306 e. The highest BCUT2D eigenvalue weighted by Gasteiger charge is 2.05. The summed E-state index contributed by atoms with van der Waals surface area (Å²) < 4.78 is 4.47. The zero-order valence-corrected chi connectivity index (χ0v) is 8.45. The number of ether oxygens (including phenoxy) is 1. The maximum atomic E-state index is 10.7. The van der Waals surface area contributed by atoms with E-state index in [9.17, 15) is 4.79 Å². The summed E-state index contributed by atoms with van der Waals surface area (Å²) in [5, 5.41) is 6.42. The number of nitrogens with two attached hydrogens (primary N) is 1. The first-order valence-corrected chi connectivity index (χ1v) is 4.58. The van der Waals surface area contributed by atoms with Gasteiger partial charge in [0.1, 0.15) is 0 Å². The average molecular weight is 202 g/mol. The Hall–Kier alpha value is -1.01. The molecule has 0 aromatic carbocycles. The number of rotatable bonds is 8. The minimum absolute atomic E-state index is 0.0855. The molecule has 0 aromatic rings. The number of methoxy groups -OCH3 is 1. The monoisotopic (exact) mass is 202 g/mol. The van der Waals surface area contributed by atoms with Crippen LogP contribution in [0.2, 0.25) is 0 Å². The number of hydrogen-bond donors (Lipinski definition) is 3. The van der Waals surface area contributed by atoms with Gasteiger partial charge in [-0.1, -0.05) is 0 Å². The fourth-order valence-electron chi connectivity index (χ4n) is 0.966. The van der Waals surface area contributed by atoms with Crippen LogP contribution in [0.25, 0.3) is 0 Å². The molecule has 0 saturated heterocycles. The number of nitrogens with zero attached hydrogens (tertiary/aromatic N) is 1. The van der Waals surface area contributed by atoms with Crippen molar-refractivity contribution in [2.75, 3.05) is 26.7 Å². The van der Waals surface area contributed by atoms with Crippen molar-refractivity contribution < 1.29 is 9.53 Å². The lowest BCUT2D eigenvalue weighted by atomic mass is 10.2. The Kier molecular flexibility index (Phi) is 7.96. The molecule has 4 N–H and O–H groups in total. The standard InChI is InChI=1S/C8H18N4O2/c1-14-8(13)3-5-11-6-7(12-10)2-4-9/h7,10-11H,2-6,9H2,1H3. The van der Waals surface area contributed by atoms with Crippen molar-refractivity contribution in [2.24, 2.45) is 10.8 Å². The topological polar surface area (TPSA) is 101 Å². The molecule has 0 aliphatic carbocycles. The van der Waals surface area contributed by atoms with Gasteiger partial charge in [0.05, 0.1) is 19.6 Å². The highest BCUT2D eigenvalue weighted by atomic mass is 16.5. The van der Waals surface area contributed by atoms with Crippen molar-refractivity contribution >= 4 is 5.97 Å². The molecule has 0 saturated carbocycles. The summed E-state index contributed by atoms with van der Waals surface area (Å²) in [6, 6.07) is -0.0855. The van der Waals surface area contributed by atoms with Crippen molar-refractivity contribution in [1.29, 1.82) is 5.53 Å². The molecular weight excluding hydrogens is 184 g/mol. The smallest absolute Gasteiger partial charge is 0.306 e. The summed E-state index contributed by atoms with van der Waals surface area (Å²) in [5.74, 6) is -0.240. The predicted molar refractivity (Wildman–Crippen MR) is 52.1 cm³/mol. The number of esters is 1. The van der Waals surface area contributed by atoms with Crippen LogP contribution in [-0.4, -0.2) is 38.8 Å². The molecule has 0 bridgehead atoms. The molecule has 1 atom stereocenters. The van der Waals surface area contributed by atoms with Crippen LogP contribution >= 0.6 is 0 Å². The fourth-order valence-corrected chi connectivity index (χ4v) is 0.966. The van der Waals surface area contributed by atoms with Crippen molar-refractivity contribution in [3.05, 3.63) is 0 Å². The minimum atomic E-state index is -0.240. The highest BCUT2D eigenvalue weighted by Crippen LogP contribution is 1.93. The second-order valence-electron chi connectivity index (χ2n) is 2.89. The highest BCUT2D eigenvalue weighted by molar-refractivity contribution is 5.69. The molecular formula is C8H18N4O2. The summed E-state index contributed by atoms with van der Waals surface area (Å²) in [4.78, 5) is 10.7. The van der Waals surface area contributed by atoms with E-state index in [2.05, 4.69) is 15.2 Å². The first kappa shape index (κ1) is 13.0. The van der Waals surface area contributed by atoms with Gasteiger partial charge in [-0.2, -0.15) is 5.11 Å². The molecule has 1 unspecified atom stereocenters. The van der Waals surface area contributed by atoms with E-state index in [4.69, 9.17) is 11.3 Å². The van der Waals surface area contributed by atoms with Gasteiger partial charge in [-0.3, -0.25) is 4.79 Å². The van der Waals surface area contributed by atoms with Crippen molar-refractivity contribution in [3.8, 4) is 0 Å². The van der Waals surface area contributed by atoms with E-state index in [-0.39, 0.29) is 12.0 Å². The fraction of sp³-hybridized carbons (Fsp3) is 0.875. The van der Waals surface area contributed by atoms with Gasteiger partial charge in [0.2, 0.25) is 0 Å². The second-order valence-corrected chi connectivity index (χ2v) is 2.89. The predicted octanol–water partition coefficient (Wildman–Crippen LogP) is -0.113. The third kappa shape index (κ3) is 6.50. The Morgan fingerprint density at radius 3 is 2.93 bits per heavy atom. The van der Waals surface area contributed by atoms with Gasteiger partial charge in [0, 0.05) is 13.1 Å². The summed E-state index contributed by atoms with van der Waals surface area (Å²) in [5.41, 5.74) is 12.2. The van der Waals surface area contributed by atoms with Crippen molar-refractivity contribution in [2.45, 2.75) is 18.9 Å². The van der Waals surface area contributed by atoms with Crippen LogP contribution in [0, 0.1) is 5.53 Å². The summed E-state index contributed by atoms with van der Waals surface area (Å²) in [6.07, 6.45) is 1.03. The molecule has 0 aliphatic heterocycles. The van der Waals surface area contributed by atoms with Crippen LogP contribution in [0.15, 0.2) is 5.11 Å². The van der Waals surface area contributed by atoms with Crippen molar-refractivity contribution in [1.82, 2.24) is 5.32 Å². The third-order valence-electron chi connectivity index (χ3n) is 1.80. The average Bonchev–Trinajstić information content (AvgIpc) is 2.22. The van der Waals surface area contributed by atoms with E-state index < -0.39 is 0 Å². The number of carbonyl (C=O) groups is 1. The zero-order chi connectivity index (χ0) is 10.8. The Morgan fingerprint density at radius 2 is 2.43 bits per heavy atom. The van der Waals surface area contributed by atoms with Crippen LogP contribution in [-0.2, 0) is 9.53 Å². The molecule has 6 heteroatoms. The number of hydrogen-bond acceptors (Lipinski definition) is 6. The number of carbonyl (C=O) groups excluding carboxylic acids is 1. The largest absolute Gasteiger partial charge is 0.469 e. The Bertz CT molecular complexity index is 175. The maximum absolute atomic E-state index is 10.7. The molecule has 82 valence electrons. The molecule has 0 aliphatic rings. The SMILES string of the molecule is COC(=O)CCNCC(CCN)N=N. The molecule has 6 nitrogen and oxygen atoms in total. The van der Waals surface area contributed by atoms with E-state index >= 15 is 0 Å². The van der Waals surface area contributed by atoms with Gasteiger partial charge in [-0.15, -0.1) is 0 Å². The zero-order valence-electron chi connectivity index (χ0n) is 8.45. The van der Waals surface area contributed by atoms with Gasteiger partial charge in [-0.05, 0) is 13.0 Å². The van der Waals surface area contributed by atoms with E-state index in [0.717, 1.165) is 0 Å². The van der Waals surface area contributed by atoms with E-state index in [1.807, 2.05) is 0 Å². The van der Waals surface area contributed by atoms with Crippen LogP contribution in [0.3, 0.4) is 0 Å². The summed E-state index contributed by atoms with van der Waals surface area (Å²) in [6.45, 7) is 1.65. The number of nitrogens with one attached hydrogen (secondary N) is 2. The van der Waals surface area contributed by atoms with E-state index in [1.165, 1.54) is 7.11 Å². The third-order valence-corrected chi connectivity index (χ3v) is 1.80. The lowest BCUT2D eigenvalue weighted by molar-refractivity contribution is -0.140. The van der Waals surface area contributed by atoms with Crippen LogP contribution in [0.1, 0.15) is 12.8 Å². The first-order chi connectivity index (χ1) is 6.74. The van der Waals surface area contributed by atoms with Gasteiger partial charge in [0.25, 0.3) is 0 Å².